The van der Waals surface area contributed by atoms with Crippen LogP contribution in [0.1, 0.15) is 56.1 Å². The van der Waals surface area contributed by atoms with Crippen molar-refractivity contribution in [1.82, 2.24) is 14.9 Å². The van der Waals surface area contributed by atoms with Crippen LogP contribution in [0.25, 0.3) is 11.0 Å². The quantitative estimate of drug-likeness (QED) is 0.317. The first-order valence-corrected chi connectivity index (χ1v) is 12.1. The first kappa shape index (κ1) is 23.6. The maximum Gasteiger partial charge on any atom is 0.224 e. The van der Waals surface area contributed by atoms with E-state index in [0.717, 1.165) is 34.6 Å². The van der Waals surface area contributed by atoms with Gasteiger partial charge in [-0.25, -0.2) is 4.98 Å². The molecule has 5 nitrogen and oxygen atoms in total. The summed E-state index contributed by atoms with van der Waals surface area (Å²) in [7, 11) is 0. The number of hydrogen-bond acceptors (Lipinski definition) is 3. The summed E-state index contributed by atoms with van der Waals surface area (Å²) in [5.41, 5.74) is 4.28. The van der Waals surface area contributed by atoms with Crippen LogP contribution in [0, 0.1) is 0 Å². The van der Waals surface area contributed by atoms with Crippen LogP contribution in [0.5, 0.6) is 5.75 Å². The van der Waals surface area contributed by atoms with Crippen molar-refractivity contribution in [3.05, 3.63) is 95.8 Å². The molecule has 5 heteroatoms. The maximum atomic E-state index is 12.6. The molecular weight excluding hydrogens is 422 g/mol. The molecule has 0 saturated heterocycles. The molecule has 0 radical (unpaired) electrons. The molecule has 0 saturated carbocycles. The largest absolute Gasteiger partial charge is 0.492 e. The van der Waals surface area contributed by atoms with Gasteiger partial charge >= 0.3 is 0 Å². The fraction of sp³-hybridized carbons (Fsp3) is 0.310. The van der Waals surface area contributed by atoms with Gasteiger partial charge in [-0.15, -0.1) is 0 Å². The summed E-state index contributed by atoms with van der Waals surface area (Å²) < 4.78 is 8.20. The number of amides is 1. The molecule has 2 unspecified atom stereocenters. The van der Waals surface area contributed by atoms with Gasteiger partial charge in [0.1, 0.15) is 18.2 Å². The van der Waals surface area contributed by atoms with E-state index in [2.05, 4.69) is 41.9 Å². The topological polar surface area (TPSA) is 56.1 Å². The van der Waals surface area contributed by atoms with Crippen molar-refractivity contribution in [3.63, 3.8) is 0 Å². The zero-order valence-electron chi connectivity index (χ0n) is 20.2. The van der Waals surface area contributed by atoms with E-state index in [9.17, 15) is 4.79 Å². The van der Waals surface area contributed by atoms with E-state index < -0.39 is 0 Å². The minimum atomic E-state index is -0.224. The first-order valence-electron chi connectivity index (χ1n) is 12.1. The van der Waals surface area contributed by atoms with E-state index in [1.807, 2.05) is 67.6 Å². The summed E-state index contributed by atoms with van der Waals surface area (Å²) in [4.78, 5) is 17.5. The lowest BCUT2D eigenvalue weighted by Crippen LogP contribution is -2.30. The number of fused-ring (bicyclic) bond motifs is 1. The molecule has 0 fully saturated rings. The smallest absolute Gasteiger partial charge is 0.224 e. The van der Waals surface area contributed by atoms with Gasteiger partial charge in [-0.05, 0) is 54.7 Å². The molecule has 0 spiro atoms. The van der Waals surface area contributed by atoms with Gasteiger partial charge in [0, 0.05) is 0 Å². The van der Waals surface area contributed by atoms with Crippen molar-refractivity contribution in [2.75, 3.05) is 6.61 Å². The van der Waals surface area contributed by atoms with Crippen LogP contribution in [0.2, 0.25) is 0 Å². The highest BCUT2D eigenvalue weighted by Crippen LogP contribution is 2.23. The number of carbonyl (C=O) groups is 1. The van der Waals surface area contributed by atoms with Gasteiger partial charge in [0.15, 0.2) is 0 Å². The van der Waals surface area contributed by atoms with Gasteiger partial charge in [0.05, 0.1) is 30.0 Å². The number of imidazole rings is 1. The Morgan fingerprint density at radius 3 is 2.41 bits per heavy atom. The van der Waals surface area contributed by atoms with Gasteiger partial charge in [0.25, 0.3) is 0 Å². The standard InChI is InChI=1S/C29H33N3O2/c1-4-21(2)24-14-16-25(17-15-24)34-19-18-32-27-13-9-8-12-26(27)31-29(32)22(3)30-28(33)20-23-10-6-5-7-11-23/h5-17,21-22H,4,18-20H2,1-3H3,(H,30,33). The van der Waals surface area contributed by atoms with Crippen molar-refractivity contribution in [1.29, 1.82) is 0 Å². The predicted octanol–water partition coefficient (Wildman–Crippen LogP) is 6.05. The Labute approximate surface area is 201 Å². The zero-order chi connectivity index (χ0) is 23.9. The van der Waals surface area contributed by atoms with Gasteiger partial charge in [-0.1, -0.05) is 68.4 Å². The Morgan fingerprint density at radius 1 is 0.971 bits per heavy atom. The Kier molecular flexibility index (Phi) is 7.63. The Morgan fingerprint density at radius 2 is 1.68 bits per heavy atom. The Bertz CT molecular complexity index is 1220. The summed E-state index contributed by atoms with van der Waals surface area (Å²) >= 11 is 0. The van der Waals surface area contributed by atoms with Crippen LogP contribution in [0.4, 0.5) is 0 Å². The fourth-order valence-electron chi connectivity index (χ4n) is 4.18. The third kappa shape index (κ3) is 5.66. The number of hydrogen-bond donors (Lipinski definition) is 1. The average molecular weight is 456 g/mol. The lowest BCUT2D eigenvalue weighted by atomic mass is 9.99. The first-order chi connectivity index (χ1) is 16.5. The second-order valence-electron chi connectivity index (χ2n) is 8.79. The number of aromatic nitrogens is 2. The fourth-order valence-corrected chi connectivity index (χ4v) is 4.18. The summed E-state index contributed by atoms with van der Waals surface area (Å²) in [6.07, 6.45) is 1.47. The molecule has 3 aromatic carbocycles. The van der Waals surface area contributed by atoms with E-state index in [4.69, 9.17) is 9.72 Å². The van der Waals surface area contributed by atoms with E-state index in [0.29, 0.717) is 25.5 Å². The van der Waals surface area contributed by atoms with Gasteiger partial charge < -0.3 is 14.6 Å². The second kappa shape index (κ2) is 11.0. The van der Waals surface area contributed by atoms with Crippen molar-refractivity contribution in [3.8, 4) is 5.75 Å². The highest BCUT2D eigenvalue weighted by Gasteiger charge is 2.18. The van der Waals surface area contributed by atoms with Crippen molar-refractivity contribution in [2.45, 2.75) is 52.1 Å². The molecular formula is C29H33N3O2. The third-order valence-corrected chi connectivity index (χ3v) is 6.30. The van der Waals surface area contributed by atoms with Crippen LogP contribution in [0.15, 0.2) is 78.9 Å². The number of rotatable bonds is 10. The molecule has 4 aromatic rings. The maximum absolute atomic E-state index is 12.6. The molecule has 34 heavy (non-hydrogen) atoms. The molecule has 4 rings (SSSR count). The molecule has 1 amide bonds. The van der Waals surface area contributed by atoms with E-state index in [1.165, 1.54) is 5.56 Å². The number of benzene rings is 3. The van der Waals surface area contributed by atoms with E-state index >= 15 is 0 Å². The summed E-state index contributed by atoms with van der Waals surface area (Å²) in [6.45, 7) is 7.58. The number of carbonyl (C=O) groups excluding carboxylic acids is 1. The molecule has 1 heterocycles. The number of para-hydroxylation sites is 2. The lowest BCUT2D eigenvalue weighted by molar-refractivity contribution is -0.121. The van der Waals surface area contributed by atoms with Crippen molar-refractivity contribution < 1.29 is 9.53 Å². The van der Waals surface area contributed by atoms with Crippen molar-refractivity contribution in [2.24, 2.45) is 0 Å². The molecule has 176 valence electrons. The van der Waals surface area contributed by atoms with Crippen LogP contribution < -0.4 is 10.1 Å². The molecule has 0 bridgehead atoms. The van der Waals surface area contributed by atoms with Gasteiger partial charge in [0.2, 0.25) is 5.91 Å². The van der Waals surface area contributed by atoms with Crippen LogP contribution in [-0.2, 0) is 17.8 Å². The van der Waals surface area contributed by atoms with Gasteiger partial charge in [-0.2, -0.15) is 0 Å². The minimum absolute atomic E-state index is 0.0186. The monoisotopic (exact) mass is 455 g/mol. The second-order valence-corrected chi connectivity index (χ2v) is 8.79. The normalized spacial score (nSPS) is 12.9. The average Bonchev–Trinajstić information content (AvgIpc) is 3.23. The molecule has 0 aliphatic rings. The van der Waals surface area contributed by atoms with E-state index in [-0.39, 0.29) is 11.9 Å². The molecule has 0 aliphatic carbocycles. The van der Waals surface area contributed by atoms with Crippen LogP contribution >= 0.6 is 0 Å². The Hall–Kier alpha value is -3.60. The SMILES string of the molecule is CCC(C)c1ccc(OCCn2c(C(C)NC(=O)Cc3ccccc3)nc3ccccc32)cc1. The summed E-state index contributed by atoms with van der Waals surface area (Å²) in [6, 6.07) is 26.0. The predicted molar refractivity (Wildman–Crippen MR) is 137 cm³/mol. The lowest BCUT2D eigenvalue weighted by Gasteiger charge is -2.17. The minimum Gasteiger partial charge on any atom is -0.492 e. The molecule has 1 aromatic heterocycles. The molecule has 2 atom stereocenters. The van der Waals surface area contributed by atoms with E-state index in [1.54, 1.807) is 0 Å². The molecule has 0 aliphatic heterocycles. The summed E-state index contributed by atoms with van der Waals surface area (Å²) in [5.74, 6) is 2.23. The summed E-state index contributed by atoms with van der Waals surface area (Å²) in [5, 5.41) is 3.11. The van der Waals surface area contributed by atoms with Crippen LogP contribution in [-0.4, -0.2) is 22.1 Å². The molecule has 1 N–H and O–H groups in total. The van der Waals surface area contributed by atoms with Crippen molar-refractivity contribution >= 4 is 16.9 Å². The number of nitrogens with one attached hydrogen (secondary N) is 1. The van der Waals surface area contributed by atoms with Gasteiger partial charge in [-0.3, -0.25) is 4.79 Å². The number of ether oxygens (including phenoxy) is 1. The zero-order valence-corrected chi connectivity index (χ0v) is 20.2. The Balaban J connectivity index is 1.45. The highest BCUT2D eigenvalue weighted by atomic mass is 16.5. The third-order valence-electron chi connectivity index (χ3n) is 6.30. The number of nitrogens with zero attached hydrogens (tertiary/aromatic N) is 2. The highest BCUT2D eigenvalue weighted by molar-refractivity contribution is 5.79. The van der Waals surface area contributed by atoms with Crippen LogP contribution in [0.3, 0.4) is 0 Å².